The van der Waals surface area contributed by atoms with Crippen LogP contribution in [-0.4, -0.2) is 19.3 Å². The van der Waals surface area contributed by atoms with Gasteiger partial charge >= 0.3 is 0 Å². The van der Waals surface area contributed by atoms with E-state index >= 15 is 0 Å². The van der Waals surface area contributed by atoms with Gasteiger partial charge in [0.25, 0.3) is 0 Å². The molecule has 0 saturated carbocycles. The van der Waals surface area contributed by atoms with Crippen LogP contribution in [0.5, 0.6) is 5.75 Å². The van der Waals surface area contributed by atoms with Crippen LogP contribution in [0.25, 0.3) is 0 Å². The third-order valence-electron chi connectivity index (χ3n) is 2.53. The quantitative estimate of drug-likeness (QED) is 0.768. The molecule has 1 aliphatic heterocycles. The molecule has 0 aliphatic carbocycles. The highest BCUT2D eigenvalue weighted by Gasteiger charge is 2.20. The summed E-state index contributed by atoms with van der Waals surface area (Å²) in [7, 11) is 0. The van der Waals surface area contributed by atoms with E-state index in [1.165, 1.54) is 12.1 Å². The minimum Gasteiger partial charge on any atom is -0.486 e. The van der Waals surface area contributed by atoms with Gasteiger partial charge in [-0.15, -0.1) is 0 Å². The molecule has 2 rings (SSSR count). The van der Waals surface area contributed by atoms with Crippen molar-refractivity contribution in [3.63, 3.8) is 0 Å². The lowest BCUT2D eigenvalue weighted by atomic mass is 10.1. The molecule has 3 nitrogen and oxygen atoms in total. The van der Waals surface area contributed by atoms with Gasteiger partial charge in [0.15, 0.2) is 0 Å². The Labute approximate surface area is 93.4 Å². The Morgan fingerprint density at radius 3 is 3.00 bits per heavy atom. The Hall–Kier alpha value is -1.60. The predicted octanol–water partition coefficient (Wildman–Crippen LogP) is 2.17. The first kappa shape index (κ1) is 10.9. The molecule has 1 unspecified atom stereocenters. The van der Waals surface area contributed by atoms with Crippen molar-refractivity contribution in [2.24, 2.45) is 0 Å². The zero-order chi connectivity index (χ0) is 11.5. The van der Waals surface area contributed by atoms with Crippen LogP contribution in [0.15, 0.2) is 12.1 Å². The van der Waals surface area contributed by atoms with Crippen LogP contribution in [0.4, 0.5) is 4.39 Å². The van der Waals surface area contributed by atoms with Crippen molar-refractivity contribution < 1.29 is 13.9 Å². The molecule has 1 saturated heterocycles. The van der Waals surface area contributed by atoms with E-state index in [4.69, 9.17) is 14.7 Å². The van der Waals surface area contributed by atoms with Crippen LogP contribution >= 0.6 is 0 Å². The van der Waals surface area contributed by atoms with Crippen molar-refractivity contribution in [2.45, 2.75) is 19.4 Å². The molecule has 1 heterocycles. The number of hydrogen-bond acceptors (Lipinski definition) is 3. The van der Waals surface area contributed by atoms with E-state index in [-0.39, 0.29) is 11.7 Å². The number of ether oxygens (including phenoxy) is 2. The molecule has 0 spiro atoms. The minimum atomic E-state index is -0.413. The molecule has 0 amide bonds. The zero-order valence-electron chi connectivity index (χ0n) is 9.00. The summed E-state index contributed by atoms with van der Waals surface area (Å²) in [5.41, 5.74) is 0.882. The lowest BCUT2D eigenvalue weighted by molar-refractivity contribution is 0.140. The number of nitriles is 1. The summed E-state index contributed by atoms with van der Waals surface area (Å²) in [5, 5.41) is 8.91. The number of benzene rings is 1. The average Bonchev–Trinajstić information content (AvgIpc) is 2.74. The first-order valence-corrected chi connectivity index (χ1v) is 5.15. The first-order valence-electron chi connectivity index (χ1n) is 5.15. The fourth-order valence-electron chi connectivity index (χ4n) is 1.74. The van der Waals surface area contributed by atoms with Crippen LogP contribution in [-0.2, 0) is 4.74 Å². The zero-order valence-corrected chi connectivity index (χ0v) is 9.00. The molecule has 1 aromatic rings. The van der Waals surface area contributed by atoms with Crippen molar-refractivity contribution >= 4 is 0 Å². The molecule has 0 bridgehead atoms. The number of hydrogen-bond donors (Lipinski definition) is 0. The normalized spacial score (nSPS) is 19.4. The van der Waals surface area contributed by atoms with E-state index in [1.54, 1.807) is 6.92 Å². The fourth-order valence-corrected chi connectivity index (χ4v) is 1.74. The van der Waals surface area contributed by atoms with Crippen LogP contribution in [0, 0.1) is 24.1 Å². The van der Waals surface area contributed by atoms with Gasteiger partial charge < -0.3 is 9.47 Å². The van der Waals surface area contributed by atoms with Gasteiger partial charge in [0.1, 0.15) is 23.7 Å². The monoisotopic (exact) mass is 221 g/mol. The van der Waals surface area contributed by atoms with E-state index in [0.29, 0.717) is 24.5 Å². The fraction of sp³-hybridized carbons (Fsp3) is 0.417. The second-order valence-corrected chi connectivity index (χ2v) is 3.81. The molecule has 1 aromatic carbocycles. The van der Waals surface area contributed by atoms with Gasteiger partial charge in [-0.1, -0.05) is 0 Å². The summed E-state index contributed by atoms with van der Waals surface area (Å²) in [6.07, 6.45) is 0.776. The van der Waals surface area contributed by atoms with Gasteiger partial charge in [0, 0.05) is 6.42 Å². The van der Waals surface area contributed by atoms with Crippen molar-refractivity contribution in [3.05, 3.63) is 29.1 Å². The third-order valence-corrected chi connectivity index (χ3v) is 2.53. The molecule has 0 aromatic heterocycles. The molecule has 1 fully saturated rings. The minimum absolute atomic E-state index is 0.0312. The second-order valence-electron chi connectivity index (χ2n) is 3.81. The van der Waals surface area contributed by atoms with Crippen LogP contribution in [0.3, 0.4) is 0 Å². The maximum atomic E-state index is 13.1. The van der Waals surface area contributed by atoms with Crippen LogP contribution in [0.1, 0.15) is 17.5 Å². The van der Waals surface area contributed by atoms with Gasteiger partial charge in [-0.3, -0.25) is 0 Å². The molecule has 0 N–H and O–H groups in total. The Morgan fingerprint density at radius 1 is 1.56 bits per heavy atom. The Morgan fingerprint density at radius 2 is 2.38 bits per heavy atom. The van der Waals surface area contributed by atoms with Crippen molar-refractivity contribution in [1.82, 2.24) is 0 Å². The van der Waals surface area contributed by atoms with Gasteiger partial charge in [-0.05, 0) is 24.6 Å². The summed E-state index contributed by atoms with van der Waals surface area (Å²) in [4.78, 5) is 0. The molecule has 84 valence electrons. The van der Waals surface area contributed by atoms with Gasteiger partial charge in [-0.25, -0.2) is 4.39 Å². The van der Waals surface area contributed by atoms with E-state index in [1.807, 2.05) is 6.07 Å². The highest BCUT2D eigenvalue weighted by Crippen LogP contribution is 2.26. The highest BCUT2D eigenvalue weighted by atomic mass is 19.1. The number of rotatable bonds is 2. The maximum absolute atomic E-state index is 13.1. The van der Waals surface area contributed by atoms with Gasteiger partial charge in [-0.2, -0.15) is 5.26 Å². The molecular formula is C12H12FNO2. The van der Waals surface area contributed by atoms with Crippen molar-refractivity contribution in [1.29, 1.82) is 5.26 Å². The largest absolute Gasteiger partial charge is 0.486 e. The van der Waals surface area contributed by atoms with E-state index < -0.39 is 5.82 Å². The summed E-state index contributed by atoms with van der Waals surface area (Å²) < 4.78 is 23.9. The SMILES string of the molecule is Cc1cc(F)cc(C#N)c1OC1CCOC1. The Balaban J connectivity index is 2.28. The standard InChI is InChI=1S/C12H12FNO2/c1-8-4-10(13)5-9(6-14)12(8)16-11-2-3-15-7-11/h4-5,11H,2-3,7H2,1H3. The lowest BCUT2D eigenvalue weighted by Crippen LogP contribution is -2.17. The van der Waals surface area contributed by atoms with Gasteiger partial charge in [0.05, 0.1) is 18.8 Å². The summed E-state index contributed by atoms with van der Waals surface area (Å²) in [6, 6.07) is 4.51. The highest BCUT2D eigenvalue weighted by molar-refractivity contribution is 5.48. The number of aryl methyl sites for hydroxylation is 1. The molecule has 1 aliphatic rings. The van der Waals surface area contributed by atoms with E-state index in [9.17, 15) is 4.39 Å². The second kappa shape index (κ2) is 4.50. The van der Waals surface area contributed by atoms with Crippen LogP contribution in [0.2, 0.25) is 0 Å². The van der Waals surface area contributed by atoms with Crippen LogP contribution < -0.4 is 4.74 Å². The first-order chi connectivity index (χ1) is 7.70. The molecule has 1 atom stereocenters. The predicted molar refractivity (Wildman–Crippen MR) is 55.7 cm³/mol. The third kappa shape index (κ3) is 2.15. The maximum Gasteiger partial charge on any atom is 0.140 e. The van der Waals surface area contributed by atoms with Gasteiger partial charge in [0.2, 0.25) is 0 Å². The summed E-state index contributed by atoms with van der Waals surface area (Å²) in [5.74, 6) is 0.0588. The van der Waals surface area contributed by atoms with Crippen molar-refractivity contribution in [3.8, 4) is 11.8 Å². The lowest BCUT2D eigenvalue weighted by Gasteiger charge is -2.15. The molecule has 16 heavy (non-hydrogen) atoms. The summed E-state index contributed by atoms with van der Waals surface area (Å²) in [6.45, 7) is 2.93. The average molecular weight is 221 g/mol. The topological polar surface area (TPSA) is 42.2 Å². The smallest absolute Gasteiger partial charge is 0.140 e. The summed E-state index contributed by atoms with van der Waals surface area (Å²) >= 11 is 0. The number of halogens is 1. The molecular weight excluding hydrogens is 209 g/mol. The molecule has 0 radical (unpaired) electrons. The Kier molecular flexibility index (Phi) is 3.07. The molecule has 4 heteroatoms. The van der Waals surface area contributed by atoms with E-state index in [2.05, 4.69) is 0 Å². The number of nitrogens with zero attached hydrogens (tertiary/aromatic N) is 1. The van der Waals surface area contributed by atoms with Crippen molar-refractivity contribution in [2.75, 3.05) is 13.2 Å². The Bertz CT molecular complexity index is 433. The van der Waals surface area contributed by atoms with E-state index in [0.717, 1.165) is 6.42 Å².